The maximum absolute atomic E-state index is 12.6. The number of nitrogens with zero attached hydrogens (tertiary/aromatic N) is 1. The Morgan fingerprint density at radius 3 is 2.46 bits per heavy atom. The van der Waals surface area contributed by atoms with Gasteiger partial charge in [0.15, 0.2) is 0 Å². The average Bonchev–Trinajstić information content (AvgIpc) is 2.70. The predicted molar refractivity (Wildman–Crippen MR) is 107 cm³/mol. The molecule has 1 saturated heterocycles. The first-order chi connectivity index (χ1) is 13.4. The molecule has 0 spiro atoms. The number of carbonyl (C=O) groups excluding carboxylic acids is 1. The van der Waals surface area contributed by atoms with E-state index in [1.54, 1.807) is 12.1 Å². The average molecular weight is 384 g/mol. The van der Waals surface area contributed by atoms with Crippen molar-refractivity contribution in [1.29, 1.82) is 0 Å². The van der Waals surface area contributed by atoms with Gasteiger partial charge >= 0.3 is 0 Å². The molecule has 28 heavy (non-hydrogen) atoms. The number of piperazine rings is 1. The van der Waals surface area contributed by atoms with Gasteiger partial charge in [-0.3, -0.25) is 14.9 Å². The fourth-order valence-electron chi connectivity index (χ4n) is 3.70. The van der Waals surface area contributed by atoms with Gasteiger partial charge in [-0.1, -0.05) is 35.9 Å². The molecule has 7 heteroatoms. The largest absolute Gasteiger partial charge is 0.346 e. The fraction of sp³-hybridized carbons (Fsp3) is 0.381. The van der Waals surface area contributed by atoms with Gasteiger partial charge in [0.25, 0.3) is 11.6 Å². The number of amides is 1. The minimum Gasteiger partial charge on any atom is -0.346 e. The summed E-state index contributed by atoms with van der Waals surface area (Å²) in [5, 5.41) is 14.0. The van der Waals surface area contributed by atoms with Crippen LogP contribution in [0.4, 0.5) is 5.69 Å². The third-order valence-corrected chi connectivity index (χ3v) is 5.50. The molecule has 2 aromatic rings. The summed E-state index contributed by atoms with van der Waals surface area (Å²) in [5.41, 5.74) is 2.66. The van der Waals surface area contributed by atoms with Gasteiger partial charge in [0.05, 0.1) is 18.5 Å². The monoisotopic (exact) mass is 384 g/mol. The van der Waals surface area contributed by atoms with Crippen LogP contribution in [-0.2, 0) is 0 Å². The zero-order chi connectivity index (χ0) is 20.1. The van der Waals surface area contributed by atoms with E-state index in [1.165, 1.54) is 33.1 Å². The Labute approximate surface area is 165 Å². The number of hydrogen-bond acceptors (Lipinski definition) is 3. The highest BCUT2D eigenvalue weighted by Crippen LogP contribution is 2.14. The van der Waals surface area contributed by atoms with Crippen LogP contribution in [0.25, 0.3) is 0 Å². The minimum absolute atomic E-state index is 0.0737. The number of aryl methyl sites for hydroxylation is 1. The molecule has 7 nitrogen and oxygen atoms in total. The molecule has 2 aromatic carbocycles. The van der Waals surface area contributed by atoms with Gasteiger partial charge in [0, 0.05) is 23.3 Å². The Morgan fingerprint density at radius 1 is 1.14 bits per heavy atom. The van der Waals surface area contributed by atoms with Crippen molar-refractivity contribution >= 4 is 11.6 Å². The van der Waals surface area contributed by atoms with Crippen LogP contribution in [0.1, 0.15) is 27.5 Å². The second-order valence-electron chi connectivity index (χ2n) is 7.60. The van der Waals surface area contributed by atoms with Gasteiger partial charge in [-0.05, 0) is 13.0 Å². The molecule has 1 aliphatic rings. The van der Waals surface area contributed by atoms with Gasteiger partial charge in [0.2, 0.25) is 0 Å². The molecule has 1 atom stereocenters. The van der Waals surface area contributed by atoms with Crippen molar-refractivity contribution < 1.29 is 19.5 Å². The zero-order valence-electron chi connectivity index (χ0n) is 16.4. The van der Waals surface area contributed by atoms with Crippen molar-refractivity contribution in [1.82, 2.24) is 5.32 Å². The summed E-state index contributed by atoms with van der Waals surface area (Å²) in [6.07, 6.45) is 0. The number of quaternary nitrogens is 2. The molecule has 0 unspecified atom stereocenters. The summed E-state index contributed by atoms with van der Waals surface area (Å²) in [6, 6.07) is 14.5. The molecule has 1 heterocycles. The minimum atomic E-state index is -0.484. The number of likely N-dealkylation sites (N-methyl/N-ethyl adjacent to an activating group) is 1. The molecule has 1 fully saturated rings. The Balaban J connectivity index is 1.74. The van der Waals surface area contributed by atoms with Crippen LogP contribution in [0, 0.1) is 17.0 Å². The number of carbonyl (C=O) groups is 1. The lowest BCUT2D eigenvalue weighted by molar-refractivity contribution is -1.02. The lowest BCUT2D eigenvalue weighted by Gasteiger charge is -2.33. The zero-order valence-corrected chi connectivity index (χ0v) is 16.4. The van der Waals surface area contributed by atoms with E-state index in [0.29, 0.717) is 12.1 Å². The van der Waals surface area contributed by atoms with Crippen molar-refractivity contribution in [3.05, 3.63) is 75.3 Å². The first-order valence-electron chi connectivity index (χ1n) is 9.69. The highest BCUT2D eigenvalue weighted by Gasteiger charge is 2.29. The molecule has 3 rings (SSSR count). The molecule has 0 aromatic heterocycles. The fourth-order valence-corrected chi connectivity index (χ4v) is 3.70. The molecule has 1 aliphatic heterocycles. The van der Waals surface area contributed by atoms with Crippen LogP contribution in [-0.4, -0.2) is 50.6 Å². The quantitative estimate of drug-likeness (QED) is 0.476. The highest BCUT2D eigenvalue weighted by atomic mass is 16.6. The number of nitrogens with one attached hydrogen (secondary N) is 3. The second-order valence-corrected chi connectivity index (χ2v) is 7.60. The summed E-state index contributed by atoms with van der Waals surface area (Å²) in [5.74, 6) is -0.278. The summed E-state index contributed by atoms with van der Waals surface area (Å²) in [7, 11) is 2.21. The number of nitro groups is 1. The van der Waals surface area contributed by atoms with Gasteiger partial charge < -0.3 is 15.1 Å². The third kappa shape index (κ3) is 4.94. The van der Waals surface area contributed by atoms with Crippen molar-refractivity contribution in [3.63, 3.8) is 0 Å². The van der Waals surface area contributed by atoms with Crippen molar-refractivity contribution in [3.8, 4) is 0 Å². The van der Waals surface area contributed by atoms with Gasteiger partial charge in [-0.25, -0.2) is 0 Å². The van der Waals surface area contributed by atoms with Crippen molar-refractivity contribution in [2.75, 3.05) is 39.8 Å². The number of rotatable bonds is 6. The van der Waals surface area contributed by atoms with E-state index in [4.69, 9.17) is 0 Å². The van der Waals surface area contributed by atoms with E-state index < -0.39 is 4.92 Å². The van der Waals surface area contributed by atoms with E-state index in [9.17, 15) is 14.9 Å². The molecule has 148 valence electrons. The first kappa shape index (κ1) is 20.0. The Hall–Kier alpha value is -2.77. The van der Waals surface area contributed by atoms with Gasteiger partial charge in [0.1, 0.15) is 32.2 Å². The third-order valence-electron chi connectivity index (χ3n) is 5.50. The second kappa shape index (κ2) is 8.95. The molecular weight excluding hydrogens is 356 g/mol. The molecular formula is C21H28N4O3+2. The lowest BCUT2D eigenvalue weighted by Crippen LogP contribution is -3.27. The van der Waals surface area contributed by atoms with Crippen LogP contribution in [0.5, 0.6) is 0 Å². The maximum atomic E-state index is 12.6. The normalized spacial score (nSPS) is 20.4. The van der Waals surface area contributed by atoms with E-state index in [2.05, 4.69) is 43.6 Å². The molecule has 0 saturated carbocycles. The Bertz CT molecular complexity index is 830. The Kier molecular flexibility index (Phi) is 6.38. The molecule has 1 amide bonds. The summed E-state index contributed by atoms with van der Waals surface area (Å²) in [6.45, 7) is 6.88. The maximum Gasteiger partial charge on any atom is 0.270 e. The molecule has 3 N–H and O–H groups in total. The van der Waals surface area contributed by atoms with E-state index in [0.717, 1.165) is 26.2 Å². The standard InChI is InChI=1S/C21H26N4O3/c1-16-6-8-17(9-7-16)20(24-12-10-23(2)11-13-24)15-22-21(26)18-4-3-5-19(14-18)25(27)28/h3-9,14,20H,10-13,15H2,1-2H3,(H,22,26)/p+2/t20-/m0/s1. The van der Waals surface area contributed by atoms with E-state index >= 15 is 0 Å². The molecule has 0 aliphatic carbocycles. The van der Waals surface area contributed by atoms with E-state index in [-0.39, 0.29) is 17.6 Å². The smallest absolute Gasteiger partial charge is 0.270 e. The number of benzene rings is 2. The van der Waals surface area contributed by atoms with Crippen molar-refractivity contribution in [2.45, 2.75) is 13.0 Å². The lowest BCUT2D eigenvalue weighted by atomic mass is 10.0. The van der Waals surface area contributed by atoms with Crippen LogP contribution in [0.2, 0.25) is 0 Å². The Morgan fingerprint density at radius 2 is 1.82 bits per heavy atom. The molecule has 0 radical (unpaired) electrons. The van der Waals surface area contributed by atoms with Crippen LogP contribution in [0.3, 0.4) is 0 Å². The van der Waals surface area contributed by atoms with Gasteiger partial charge in [-0.2, -0.15) is 0 Å². The number of non-ortho nitro benzene ring substituents is 1. The summed E-state index contributed by atoms with van der Waals surface area (Å²) >= 11 is 0. The van der Waals surface area contributed by atoms with E-state index in [1.807, 2.05) is 0 Å². The van der Waals surface area contributed by atoms with Gasteiger partial charge in [-0.15, -0.1) is 0 Å². The number of hydrogen-bond donors (Lipinski definition) is 3. The molecule has 0 bridgehead atoms. The van der Waals surface area contributed by atoms with Crippen LogP contribution < -0.4 is 15.1 Å². The number of nitro benzene ring substituents is 1. The summed E-state index contributed by atoms with van der Waals surface area (Å²) in [4.78, 5) is 26.1. The highest BCUT2D eigenvalue weighted by molar-refractivity contribution is 5.94. The SMILES string of the molecule is Cc1ccc([C@H](CNC(=O)c2cccc([N+](=O)[O-])c2)[NH+]2CC[NH+](C)CC2)cc1. The topological polar surface area (TPSA) is 81.1 Å². The van der Waals surface area contributed by atoms with Crippen molar-refractivity contribution in [2.24, 2.45) is 0 Å². The van der Waals surface area contributed by atoms with Crippen LogP contribution in [0.15, 0.2) is 48.5 Å². The summed E-state index contributed by atoms with van der Waals surface area (Å²) < 4.78 is 0. The van der Waals surface area contributed by atoms with Crippen LogP contribution >= 0.6 is 0 Å². The first-order valence-corrected chi connectivity index (χ1v) is 9.69. The predicted octanol–water partition coefficient (Wildman–Crippen LogP) is -0.212.